The molecule has 1 unspecified atom stereocenters. The Kier molecular flexibility index (Phi) is 2.49. The van der Waals surface area contributed by atoms with Crippen molar-refractivity contribution >= 4 is 0 Å². The van der Waals surface area contributed by atoms with E-state index in [0.29, 0.717) is 0 Å². The zero-order valence-electron chi connectivity index (χ0n) is 6.09. The zero-order valence-corrected chi connectivity index (χ0v) is 6.09. The van der Waals surface area contributed by atoms with Crippen LogP contribution >= 0.6 is 0 Å². The predicted molar refractivity (Wildman–Crippen MR) is 35.1 cm³/mol. The molecule has 1 aliphatic carbocycles. The third-order valence-corrected chi connectivity index (χ3v) is 1.60. The van der Waals surface area contributed by atoms with Gasteiger partial charge in [0.05, 0.1) is 6.61 Å². The molecule has 1 fully saturated rings. The molecule has 0 N–H and O–H groups in total. The van der Waals surface area contributed by atoms with Gasteiger partial charge in [0.1, 0.15) is 0 Å². The van der Waals surface area contributed by atoms with Crippen molar-refractivity contribution in [2.45, 2.75) is 26.1 Å². The van der Waals surface area contributed by atoms with E-state index >= 15 is 0 Å². The fourth-order valence-electron chi connectivity index (χ4n) is 0.624. The maximum atomic E-state index is 5.29. The van der Waals surface area contributed by atoms with E-state index in [1.807, 2.05) is 6.92 Å². The van der Waals surface area contributed by atoms with Crippen LogP contribution in [0.1, 0.15) is 19.8 Å². The lowest BCUT2D eigenvalue weighted by molar-refractivity contribution is -0.113. The maximum Gasteiger partial charge on any atom is 0.154 e. The first-order valence-corrected chi connectivity index (χ1v) is 3.47. The molecule has 0 aromatic rings. The van der Waals surface area contributed by atoms with Gasteiger partial charge in [0.15, 0.2) is 6.29 Å². The quantitative estimate of drug-likeness (QED) is 0.535. The van der Waals surface area contributed by atoms with Crippen LogP contribution in [0, 0.1) is 5.92 Å². The highest BCUT2D eigenvalue weighted by Crippen LogP contribution is 2.29. The minimum absolute atomic E-state index is 0.0226. The molecule has 1 saturated carbocycles. The molecule has 0 amide bonds. The first-order valence-electron chi connectivity index (χ1n) is 3.47. The van der Waals surface area contributed by atoms with Gasteiger partial charge in [0.25, 0.3) is 0 Å². The van der Waals surface area contributed by atoms with Gasteiger partial charge < -0.3 is 9.47 Å². The monoisotopic (exact) mass is 130 g/mol. The van der Waals surface area contributed by atoms with Gasteiger partial charge in [0, 0.05) is 7.11 Å². The highest BCUT2D eigenvalue weighted by molar-refractivity contribution is 4.71. The summed E-state index contributed by atoms with van der Waals surface area (Å²) in [5, 5.41) is 0. The topological polar surface area (TPSA) is 18.5 Å². The minimum atomic E-state index is -0.0226. The van der Waals surface area contributed by atoms with E-state index < -0.39 is 0 Å². The van der Waals surface area contributed by atoms with E-state index in [2.05, 4.69) is 0 Å². The Bertz CT molecular complexity index is 79.0. The van der Waals surface area contributed by atoms with Crippen LogP contribution < -0.4 is 0 Å². The molecule has 0 saturated heterocycles. The molecule has 54 valence electrons. The van der Waals surface area contributed by atoms with Gasteiger partial charge >= 0.3 is 0 Å². The van der Waals surface area contributed by atoms with Crippen molar-refractivity contribution in [1.82, 2.24) is 0 Å². The molecule has 0 bridgehead atoms. The molecule has 1 aliphatic rings. The van der Waals surface area contributed by atoms with Crippen molar-refractivity contribution in [1.29, 1.82) is 0 Å². The van der Waals surface area contributed by atoms with Crippen molar-refractivity contribution in [3.05, 3.63) is 0 Å². The molecular weight excluding hydrogens is 116 g/mol. The van der Waals surface area contributed by atoms with Crippen LogP contribution in [0.2, 0.25) is 0 Å². The summed E-state index contributed by atoms with van der Waals surface area (Å²) in [6.45, 7) is 2.80. The SMILES string of the molecule is COC(C)OCC1CC1. The lowest BCUT2D eigenvalue weighted by atomic mass is 10.5. The van der Waals surface area contributed by atoms with Crippen molar-refractivity contribution in [2.24, 2.45) is 5.92 Å². The number of hydrogen-bond acceptors (Lipinski definition) is 2. The summed E-state index contributed by atoms with van der Waals surface area (Å²) in [5.41, 5.74) is 0. The molecule has 2 nitrogen and oxygen atoms in total. The van der Waals surface area contributed by atoms with E-state index in [4.69, 9.17) is 9.47 Å². The summed E-state index contributed by atoms with van der Waals surface area (Å²) in [6.07, 6.45) is 2.66. The summed E-state index contributed by atoms with van der Waals surface area (Å²) in [4.78, 5) is 0. The highest BCUT2D eigenvalue weighted by atomic mass is 16.7. The molecule has 1 atom stereocenters. The second-order valence-corrected chi connectivity index (χ2v) is 2.58. The third kappa shape index (κ3) is 2.82. The molecule has 0 radical (unpaired) electrons. The number of rotatable bonds is 4. The van der Waals surface area contributed by atoms with Gasteiger partial charge in [-0.25, -0.2) is 0 Å². The first kappa shape index (κ1) is 7.03. The molecule has 9 heavy (non-hydrogen) atoms. The summed E-state index contributed by atoms with van der Waals surface area (Å²) >= 11 is 0. The standard InChI is InChI=1S/C7H14O2/c1-6(8-2)9-5-7-3-4-7/h6-7H,3-5H2,1-2H3. The van der Waals surface area contributed by atoms with Crippen molar-refractivity contribution < 1.29 is 9.47 Å². The summed E-state index contributed by atoms with van der Waals surface area (Å²) in [5.74, 6) is 0.836. The van der Waals surface area contributed by atoms with Crippen molar-refractivity contribution in [3.8, 4) is 0 Å². The molecule has 0 spiro atoms. The van der Waals surface area contributed by atoms with Gasteiger partial charge in [-0.15, -0.1) is 0 Å². The Morgan fingerprint density at radius 3 is 2.67 bits per heavy atom. The van der Waals surface area contributed by atoms with E-state index in [1.165, 1.54) is 12.8 Å². The molecular formula is C7H14O2. The Balaban J connectivity index is 1.90. The molecule has 0 heterocycles. The van der Waals surface area contributed by atoms with Gasteiger partial charge in [-0.2, -0.15) is 0 Å². The maximum absolute atomic E-state index is 5.29. The average Bonchev–Trinajstić information content (AvgIpc) is 2.65. The lowest BCUT2D eigenvalue weighted by Gasteiger charge is -2.09. The zero-order chi connectivity index (χ0) is 6.69. The normalized spacial score (nSPS) is 22.0. The molecule has 0 aliphatic heterocycles. The Morgan fingerprint density at radius 2 is 2.22 bits per heavy atom. The third-order valence-electron chi connectivity index (χ3n) is 1.60. The fourth-order valence-corrected chi connectivity index (χ4v) is 0.624. The van der Waals surface area contributed by atoms with Crippen LogP contribution in [-0.2, 0) is 9.47 Å². The predicted octanol–water partition coefficient (Wildman–Crippen LogP) is 1.41. The van der Waals surface area contributed by atoms with Gasteiger partial charge in [-0.05, 0) is 25.7 Å². The highest BCUT2D eigenvalue weighted by Gasteiger charge is 2.21. The number of methoxy groups -OCH3 is 1. The van der Waals surface area contributed by atoms with Crippen molar-refractivity contribution in [3.63, 3.8) is 0 Å². The van der Waals surface area contributed by atoms with Crippen LogP contribution in [-0.4, -0.2) is 20.0 Å². The Labute approximate surface area is 56.2 Å². The van der Waals surface area contributed by atoms with Crippen LogP contribution in [0.15, 0.2) is 0 Å². The second-order valence-electron chi connectivity index (χ2n) is 2.58. The summed E-state index contributed by atoms with van der Waals surface area (Å²) in [7, 11) is 1.66. The number of ether oxygens (including phenoxy) is 2. The molecule has 2 heteroatoms. The van der Waals surface area contributed by atoms with Crippen LogP contribution in [0.4, 0.5) is 0 Å². The van der Waals surface area contributed by atoms with Crippen LogP contribution in [0.5, 0.6) is 0 Å². The van der Waals surface area contributed by atoms with Crippen molar-refractivity contribution in [2.75, 3.05) is 13.7 Å². The van der Waals surface area contributed by atoms with Gasteiger partial charge in [-0.1, -0.05) is 0 Å². The minimum Gasteiger partial charge on any atom is -0.356 e. The Morgan fingerprint density at radius 1 is 1.56 bits per heavy atom. The largest absolute Gasteiger partial charge is 0.356 e. The summed E-state index contributed by atoms with van der Waals surface area (Å²) in [6, 6.07) is 0. The van der Waals surface area contributed by atoms with Crippen LogP contribution in [0.25, 0.3) is 0 Å². The van der Waals surface area contributed by atoms with Gasteiger partial charge in [-0.3, -0.25) is 0 Å². The Hall–Kier alpha value is -0.0800. The molecule has 1 rings (SSSR count). The number of hydrogen-bond donors (Lipinski definition) is 0. The van der Waals surface area contributed by atoms with E-state index in [9.17, 15) is 0 Å². The first-order chi connectivity index (χ1) is 4.33. The van der Waals surface area contributed by atoms with E-state index in [1.54, 1.807) is 7.11 Å². The second kappa shape index (κ2) is 3.18. The summed E-state index contributed by atoms with van der Waals surface area (Å²) < 4.78 is 10.2. The van der Waals surface area contributed by atoms with E-state index in [0.717, 1.165) is 12.5 Å². The molecule has 0 aromatic carbocycles. The lowest BCUT2D eigenvalue weighted by Crippen LogP contribution is -2.11. The van der Waals surface area contributed by atoms with Gasteiger partial charge in [0.2, 0.25) is 0 Å². The molecule has 0 aromatic heterocycles. The fraction of sp³-hybridized carbons (Fsp3) is 1.00. The van der Waals surface area contributed by atoms with Crippen LogP contribution in [0.3, 0.4) is 0 Å². The van der Waals surface area contributed by atoms with E-state index in [-0.39, 0.29) is 6.29 Å². The smallest absolute Gasteiger partial charge is 0.154 e. The average molecular weight is 130 g/mol.